The van der Waals surface area contributed by atoms with E-state index in [0.29, 0.717) is 0 Å². The molecule has 1 amide bonds. The van der Waals surface area contributed by atoms with Crippen LogP contribution in [0.5, 0.6) is 0 Å². The van der Waals surface area contributed by atoms with Crippen LogP contribution in [-0.4, -0.2) is 30.7 Å². The lowest BCUT2D eigenvalue weighted by atomic mass is 10.0. The van der Waals surface area contributed by atoms with Crippen molar-refractivity contribution in [2.45, 2.75) is 27.4 Å². The summed E-state index contributed by atoms with van der Waals surface area (Å²) in [5, 5.41) is 1.21. The smallest absolute Gasteiger partial charge is 0.306 e. The molecule has 2 aromatic carbocycles. The molecule has 0 spiro atoms. The molecule has 0 fully saturated rings. The van der Waals surface area contributed by atoms with E-state index < -0.39 is 7.60 Å². The van der Waals surface area contributed by atoms with Gasteiger partial charge in [-0.1, -0.05) is 60.7 Å². The fourth-order valence-electron chi connectivity index (χ4n) is 2.60. The van der Waals surface area contributed by atoms with Gasteiger partial charge in [0.1, 0.15) is 6.61 Å². The SMILES string of the molecule is CCOP(=O)(/C=C/CN(OCc1ccc(-c2ccccc2)cc1)C(C)=O)OCC. The van der Waals surface area contributed by atoms with Crippen LogP contribution in [0.25, 0.3) is 11.1 Å². The summed E-state index contributed by atoms with van der Waals surface area (Å²) in [6, 6.07) is 18.1. The summed E-state index contributed by atoms with van der Waals surface area (Å²) >= 11 is 0. The third kappa shape index (κ3) is 7.59. The molecule has 0 heterocycles. The number of benzene rings is 2. The molecule has 2 rings (SSSR count). The zero-order valence-electron chi connectivity index (χ0n) is 17.1. The van der Waals surface area contributed by atoms with Gasteiger partial charge < -0.3 is 9.05 Å². The monoisotopic (exact) mass is 417 g/mol. The highest BCUT2D eigenvalue weighted by Crippen LogP contribution is 2.49. The van der Waals surface area contributed by atoms with Crippen molar-refractivity contribution in [1.29, 1.82) is 0 Å². The minimum Gasteiger partial charge on any atom is -0.306 e. The van der Waals surface area contributed by atoms with Gasteiger partial charge in [0.2, 0.25) is 5.91 Å². The Balaban J connectivity index is 1.94. The van der Waals surface area contributed by atoms with Gasteiger partial charge in [-0.3, -0.25) is 14.2 Å². The van der Waals surface area contributed by atoms with Crippen LogP contribution >= 0.6 is 7.60 Å². The molecule has 0 aliphatic heterocycles. The Morgan fingerprint density at radius 2 is 1.55 bits per heavy atom. The van der Waals surface area contributed by atoms with E-state index in [0.717, 1.165) is 16.7 Å². The summed E-state index contributed by atoms with van der Waals surface area (Å²) in [5.74, 6) is 1.12. The molecule has 2 aromatic rings. The fourth-order valence-corrected chi connectivity index (χ4v) is 3.92. The molecule has 0 bridgehead atoms. The van der Waals surface area contributed by atoms with E-state index in [1.807, 2.05) is 42.5 Å². The molecule has 0 atom stereocenters. The van der Waals surface area contributed by atoms with Crippen molar-refractivity contribution in [3.63, 3.8) is 0 Å². The van der Waals surface area contributed by atoms with E-state index in [1.165, 1.54) is 17.8 Å². The van der Waals surface area contributed by atoms with E-state index in [9.17, 15) is 9.36 Å². The van der Waals surface area contributed by atoms with E-state index in [1.54, 1.807) is 19.9 Å². The Bertz CT molecular complexity index is 826. The first-order valence-corrected chi connectivity index (χ1v) is 11.2. The van der Waals surface area contributed by atoms with Crippen LogP contribution in [0.4, 0.5) is 0 Å². The van der Waals surface area contributed by atoms with Crippen molar-refractivity contribution in [3.8, 4) is 11.1 Å². The third-order valence-electron chi connectivity index (χ3n) is 3.98. The highest BCUT2D eigenvalue weighted by atomic mass is 31.2. The Hall–Kier alpha value is -2.24. The third-order valence-corrected chi connectivity index (χ3v) is 5.79. The number of hydrogen-bond acceptors (Lipinski definition) is 5. The Kier molecular flexibility index (Phi) is 9.29. The van der Waals surface area contributed by atoms with E-state index >= 15 is 0 Å². The van der Waals surface area contributed by atoms with Gasteiger partial charge in [-0.2, -0.15) is 0 Å². The molecule has 6 nitrogen and oxygen atoms in total. The summed E-state index contributed by atoms with van der Waals surface area (Å²) < 4.78 is 22.8. The average molecular weight is 417 g/mol. The predicted molar refractivity (Wildman–Crippen MR) is 114 cm³/mol. The highest BCUT2D eigenvalue weighted by Gasteiger charge is 2.19. The summed E-state index contributed by atoms with van der Waals surface area (Å²) in [5.41, 5.74) is 3.20. The molecule has 0 saturated heterocycles. The maximum Gasteiger partial charge on any atom is 0.353 e. The summed E-state index contributed by atoms with van der Waals surface area (Å²) in [6.07, 6.45) is 1.56. The lowest BCUT2D eigenvalue weighted by Gasteiger charge is -2.19. The maximum atomic E-state index is 12.4. The van der Waals surface area contributed by atoms with Crippen LogP contribution in [0.15, 0.2) is 66.5 Å². The number of carbonyl (C=O) groups is 1. The quantitative estimate of drug-likeness (QED) is 0.361. The fraction of sp³-hybridized carbons (Fsp3) is 0.318. The van der Waals surface area contributed by atoms with Crippen LogP contribution in [0.1, 0.15) is 26.3 Å². The van der Waals surface area contributed by atoms with Crippen molar-refractivity contribution >= 4 is 13.5 Å². The van der Waals surface area contributed by atoms with Crippen molar-refractivity contribution in [3.05, 3.63) is 72.1 Å². The second-order valence-corrected chi connectivity index (χ2v) is 8.07. The summed E-state index contributed by atoms with van der Waals surface area (Å²) in [6.45, 7) is 5.83. The lowest BCUT2D eigenvalue weighted by Crippen LogP contribution is -2.29. The van der Waals surface area contributed by atoms with Gasteiger partial charge in [-0.05, 0) is 30.5 Å². The number of amides is 1. The van der Waals surface area contributed by atoms with Crippen LogP contribution in [-0.2, 0) is 29.9 Å². The van der Waals surface area contributed by atoms with Gasteiger partial charge in [0, 0.05) is 12.7 Å². The predicted octanol–water partition coefficient (Wildman–Crippen LogP) is 5.41. The van der Waals surface area contributed by atoms with Crippen molar-refractivity contribution in [2.24, 2.45) is 0 Å². The van der Waals surface area contributed by atoms with Crippen LogP contribution < -0.4 is 0 Å². The molecule has 0 aliphatic rings. The highest BCUT2D eigenvalue weighted by molar-refractivity contribution is 7.57. The number of nitrogens with zero attached hydrogens (tertiary/aromatic N) is 1. The molecule has 0 radical (unpaired) electrons. The summed E-state index contributed by atoms with van der Waals surface area (Å²) in [7, 11) is -3.29. The molecule has 7 heteroatoms. The zero-order valence-corrected chi connectivity index (χ0v) is 18.0. The Morgan fingerprint density at radius 3 is 2.10 bits per heavy atom. The topological polar surface area (TPSA) is 65.1 Å². The van der Waals surface area contributed by atoms with Gasteiger partial charge in [0.05, 0.1) is 19.8 Å². The van der Waals surface area contributed by atoms with Gasteiger partial charge in [0.15, 0.2) is 0 Å². The van der Waals surface area contributed by atoms with Gasteiger partial charge in [-0.15, -0.1) is 0 Å². The first kappa shape index (κ1) is 23.0. The Labute approximate surface area is 172 Å². The molecule has 156 valence electrons. The van der Waals surface area contributed by atoms with Gasteiger partial charge in [-0.25, -0.2) is 5.06 Å². The molecule has 0 unspecified atom stereocenters. The summed E-state index contributed by atoms with van der Waals surface area (Å²) in [4.78, 5) is 17.5. The lowest BCUT2D eigenvalue weighted by molar-refractivity contribution is -0.185. The van der Waals surface area contributed by atoms with Gasteiger partial charge in [0.25, 0.3) is 0 Å². The van der Waals surface area contributed by atoms with Crippen molar-refractivity contribution in [1.82, 2.24) is 5.06 Å². The van der Waals surface area contributed by atoms with Crippen LogP contribution in [0, 0.1) is 0 Å². The number of carbonyl (C=O) groups excluding carboxylic acids is 1. The van der Waals surface area contributed by atoms with Crippen LogP contribution in [0.2, 0.25) is 0 Å². The molecule has 29 heavy (non-hydrogen) atoms. The molecule has 0 aromatic heterocycles. The first-order chi connectivity index (χ1) is 14.0. The van der Waals surface area contributed by atoms with Crippen molar-refractivity contribution in [2.75, 3.05) is 19.8 Å². The average Bonchev–Trinajstić information content (AvgIpc) is 2.71. The number of rotatable bonds is 11. The van der Waals surface area contributed by atoms with Crippen LogP contribution in [0.3, 0.4) is 0 Å². The first-order valence-electron chi connectivity index (χ1n) is 9.59. The number of hydrogen-bond donors (Lipinski definition) is 0. The zero-order chi connectivity index (χ0) is 21.1. The molecular formula is C22H28NO5P. The van der Waals surface area contributed by atoms with Gasteiger partial charge >= 0.3 is 7.60 Å². The molecule has 0 saturated carbocycles. The van der Waals surface area contributed by atoms with E-state index in [2.05, 4.69) is 12.1 Å². The molecule has 0 N–H and O–H groups in total. The van der Waals surface area contributed by atoms with E-state index in [4.69, 9.17) is 13.9 Å². The second kappa shape index (κ2) is 11.7. The molecular weight excluding hydrogens is 389 g/mol. The van der Waals surface area contributed by atoms with E-state index in [-0.39, 0.29) is 32.3 Å². The maximum absolute atomic E-state index is 12.4. The standard InChI is InChI=1S/C22H28NO5P/c1-4-27-29(25,28-5-2)17-9-16-23(19(3)24)26-18-20-12-14-22(15-13-20)21-10-7-6-8-11-21/h6-15,17H,4-5,16,18H2,1-3H3/b17-9+. The van der Waals surface area contributed by atoms with Crippen molar-refractivity contribution < 1.29 is 23.2 Å². The molecule has 0 aliphatic carbocycles. The normalized spacial score (nSPS) is 11.7. The minimum absolute atomic E-state index is 0.140. The minimum atomic E-state index is -3.29. The number of hydroxylamine groups is 2. The second-order valence-electron chi connectivity index (χ2n) is 6.18. The Morgan fingerprint density at radius 1 is 0.966 bits per heavy atom. The largest absolute Gasteiger partial charge is 0.353 e.